The van der Waals surface area contributed by atoms with Crippen molar-refractivity contribution in [3.8, 4) is 0 Å². The third-order valence-electron chi connectivity index (χ3n) is 4.20. The number of aryl methyl sites for hydroxylation is 3. The Bertz CT molecular complexity index is 718. The highest BCUT2D eigenvalue weighted by molar-refractivity contribution is 5.93. The molecule has 2 aromatic rings. The van der Waals surface area contributed by atoms with Crippen molar-refractivity contribution in [1.82, 2.24) is 24.5 Å². The quantitative estimate of drug-likeness (QED) is 0.853. The average molecular weight is 317 g/mol. The maximum atomic E-state index is 13.0. The van der Waals surface area contributed by atoms with Crippen molar-refractivity contribution in [2.24, 2.45) is 7.05 Å². The van der Waals surface area contributed by atoms with Crippen LogP contribution in [0.5, 0.6) is 0 Å². The molecule has 3 heterocycles. The third-order valence-corrected chi connectivity index (χ3v) is 4.20. The first-order valence-electron chi connectivity index (χ1n) is 7.88. The van der Waals surface area contributed by atoms with Gasteiger partial charge in [0.25, 0.3) is 5.91 Å². The van der Waals surface area contributed by atoms with Gasteiger partial charge in [0.15, 0.2) is 0 Å². The van der Waals surface area contributed by atoms with Gasteiger partial charge in [-0.1, -0.05) is 0 Å². The van der Waals surface area contributed by atoms with E-state index in [0.717, 1.165) is 17.0 Å². The van der Waals surface area contributed by atoms with E-state index >= 15 is 0 Å². The molecule has 2 aromatic heterocycles. The summed E-state index contributed by atoms with van der Waals surface area (Å²) < 4.78 is 8.90. The van der Waals surface area contributed by atoms with E-state index < -0.39 is 0 Å². The summed E-state index contributed by atoms with van der Waals surface area (Å²) in [5, 5.41) is 8.91. The van der Waals surface area contributed by atoms with E-state index in [1.54, 1.807) is 11.8 Å². The molecule has 0 saturated heterocycles. The van der Waals surface area contributed by atoms with Gasteiger partial charge in [-0.05, 0) is 19.9 Å². The van der Waals surface area contributed by atoms with Crippen molar-refractivity contribution < 1.29 is 9.53 Å². The minimum absolute atomic E-state index is 0.0167. The molecule has 0 saturated carbocycles. The number of carbonyl (C=O) groups excluding carboxylic acids is 1. The zero-order chi connectivity index (χ0) is 16.6. The second-order valence-corrected chi connectivity index (χ2v) is 6.04. The van der Waals surface area contributed by atoms with Crippen molar-refractivity contribution in [3.63, 3.8) is 0 Å². The molecule has 1 atom stereocenters. The summed E-state index contributed by atoms with van der Waals surface area (Å²) in [6, 6.07) is 1.86. The molecule has 0 spiro atoms. The van der Waals surface area contributed by atoms with Gasteiger partial charge in [-0.25, -0.2) is 0 Å². The number of hydrogen-bond donors (Lipinski definition) is 0. The summed E-state index contributed by atoms with van der Waals surface area (Å²) >= 11 is 0. The lowest BCUT2D eigenvalue weighted by atomic mass is 9.97. The largest absolute Gasteiger partial charge is 0.384 e. The Kier molecular flexibility index (Phi) is 4.21. The van der Waals surface area contributed by atoms with Gasteiger partial charge < -0.3 is 9.64 Å². The zero-order valence-corrected chi connectivity index (χ0v) is 14.1. The van der Waals surface area contributed by atoms with E-state index in [9.17, 15) is 4.79 Å². The molecule has 0 bridgehead atoms. The van der Waals surface area contributed by atoms with Gasteiger partial charge in [-0.2, -0.15) is 10.2 Å². The minimum atomic E-state index is 0.0167. The Morgan fingerprint density at radius 1 is 1.43 bits per heavy atom. The number of amides is 1. The van der Waals surface area contributed by atoms with E-state index in [2.05, 4.69) is 10.2 Å². The topological polar surface area (TPSA) is 65.2 Å². The smallest absolute Gasteiger partial charge is 0.272 e. The molecule has 0 aliphatic carbocycles. The van der Waals surface area contributed by atoms with Gasteiger partial charge in [0.05, 0.1) is 18.0 Å². The van der Waals surface area contributed by atoms with Crippen LogP contribution in [-0.4, -0.2) is 50.6 Å². The second-order valence-electron chi connectivity index (χ2n) is 6.04. The maximum absolute atomic E-state index is 13.0. The minimum Gasteiger partial charge on any atom is -0.384 e. The van der Waals surface area contributed by atoms with Gasteiger partial charge in [-0.3, -0.25) is 14.2 Å². The summed E-state index contributed by atoms with van der Waals surface area (Å²) in [6.07, 6.45) is 1.99. The van der Waals surface area contributed by atoms with Crippen LogP contribution in [0, 0.1) is 6.92 Å². The van der Waals surface area contributed by atoms with Gasteiger partial charge in [0.2, 0.25) is 0 Å². The summed E-state index contributed by atoms with van der Waals surface area (Å²) in [7, 11) is 3.59. The molecule has 1 aliphatic heterocycles. The number of hydrogen-bond acceptors (Lipinski definition) is 4. The maximum Gasteiger partial charge on any atom is 0.272 e. The molecule has 124 valence electrons. The molecule has 7 heteroatoms. The Morgan fingerprint density at radius 3 is 2.91 bits per heavy atom. The molecule has 23 heavy (non-hydrogen) atoms. The third kappa shape index (κ3) is 2.88. The van der Waals surface area contributed by atoms with Crippen LogP contribution in [0.2, 0.25) is 0 Å². The zero-order valence-electron chi connectivity index (χ0n) is 14.1. The van der Waals surface area contributed by atoms with Crippen LogP contribution in [-0.2, 0) is 24.9 Å². The Balaban J connectivity index is 1.90. The van der Waals surface area contributed by atoms with Crippen LogP contribution < -0.4 is 0 Å². The van der Waals surface area contributed by atoms with Crippen molar-refractivity contribution >= 4 is 5.91 Å². The number of fused-ring (bicyclic) bond motifs is 1. The van der Waals surface area contributed by atoms with Crippen LogP contribution in [0.25, 0.3) is 0 Å². The predicted octanol–water partition coefficient (Wildman–Crippen LogP) is 1.33. The van der Waals surface area contributed by atoms with Gasteiger partial charge in [-0.15, -0.1) is 0 Å². The summed E-state index contributed by atoms with van der Waals surface area (Å²) in [5.74, 6) is 0.121. The molecular formula is C16H23N5O2. The van der Waals surface area contributed by atoms with E-state index in [1.807, 2.05) is 42.7 Å². The molecule has 1 amide bonds. The fraction of sp³-hybridized carbons (Fsp3) is 0.562. The van der Waals surface area contributed by atoms with Gasteiger partial charge >= 0.3 is 0 Å². The lowest BCUT2D eigenvalue weighted by Crippen LogP contribution is -2.40. The number of carbonyl (C=O) groups is 1. The van der Waals surface area contributed by atoms with Crippen LogP contribution in [0.15, 0.2) is 12.3 Å². The first kappa shape index (κ1) is 15.7. The molecule has 0 aromatic carbocycles. The SMILES string of the molecule is CCn1nc(C)cc1C(=O)N1Cc2cn(C)nc2C(COC)C1. The Morgan fingerprint density at radius 2 is 2.22 bits per heavy atom. The molecule has 0 fully saturated rings. The average Bonchev–Trinajstić information content (AvgIpc) is 3.08. The molecule has 0 radical (unpaired) electrons. The number of nitrogens with zero attached hydrogens (tertiary/aromatic N) is 5. The van der Waals surface area contributed by atoms with Crippen molar-refractivity contribution in [1.29, 1.82) is 0 Å². The van der Waals surface area contributed by atoms with E-state index in [0.29, 0.717) is 31.9 Å². The van der Waals surface area contributed by atoms with Crippen LogP contribution >= 0.6 is 0 Å². The van der Waals surface area contributed by atoms with Gasteiger partial charge in [0, 0.05) is 51.5 Å². The van der Waals surface area contributed by atoms with Gasteiger partial charge in [0.1, 0.15) is 5.69 Å². The first-order valence-corrected chi connectivity index (χ1v) is 7.88. The van der Waals surface area contributed by atoms with Crippen molar-refractivity contribution in [2.45, 2.75) is 32.9 Å². The normalized spacial score (nSPS) is 17.4. The van der Waals surface area contributed by atoms with Crippen LogP contribution in [0.1, 0.15) is 40.3 Å². The Hall–Kier alpha value is -2.15. The lowest BCUT2D eigenvalue weighted by Gasteiger charge is -2.31. The predicted molar refractivity (Wildman–Crippen MR) is 85.2 cm³/mol. The molecule has 1 unspecified atom stereocenters. The summed E-state index contributed by atoms with van der Waals surface area (Å²) in [5.41, 5.74) is 3.64. The second kappa shape index (κ2) is 6.16. The fourth-order valence-electron chi connectivity index (χ4n) is 3.25. The standard InChI is InChI=1S/C16H23N5O2/c1-5-21-14(6-11(2)17-21)16(22)20-8-12-7-19(3)18-15(12)13(9-20)10-23-4/h6-7,13H,5,8-10H2,1-4H3. The monoisotopic (exact) mass is 317 g/mol. The fourth-order valence-corrected chi connectivity index (χ4v) is 3.25. The summed E-state index contributed by atoms with van der Waals surface area (Å²) in [6.45, 7) is 6.33. The Labute approximate surface area is 135 Å². The van der Waals surface area contributed by atoms with E-state index in [1.165, 1.54) is 0 Å². The molecule has 7 nitrogen and oxygen atoms in total. The molecule has 3 rings (SSSR count). The van der Waals surface area contributed by atoms with E-state index in [-0.39, 0.29) is 11.8 Å². The number of methoxy groups -OCH3 is 1. The molecule has 1 aliphatic rings. The molecular weight excluding hydrogens is 294 g/mol. The number of aromatic nitrogens is 4. The number of rotatable bonds is 4. The highest BCUT2D eigenvalue weighted by atomic mass is 16.5. The highest BCUT2D eigenvalue weighted by Crippen LogP contribution is 2.28. The van der Waals surface area contributed by atoms with Crippen molar-refractivity contribution in [2.75, 3.05) is 20.3 Å². The number of ether oxygens (including phenoxy) is 1. The summed E-state index contributed by atoms with van der Waals surface area (Å²) in [4.78, 5) is 14.8. The van der Waals surface area contributed by atoms with Crippen LogP contribution in [0.4, 0.5) is 0 Å². The van der Waals surface area contributed by atoms with Crippen LogP contribution in [0.3, 0.4) is 0 Å². The van der Waals surface area contributed by atoms with Crippen molar-refractivity contribution in [3.05, 3.63) is 34.9 Å². The highest BCUT2D eigenvalue weighted by Gasteiger charge is 2.32. The first-order chi connectivity index (χ1) is 11.0. The molecule has 0 N–H and O–H groups in total. The lowest BCUT2D eigenvalue weighted by molar-refractivity contribution is 0.0666. The van der Waals surface area contributed by atoms with E-state index in [4.69, 9.17) is 4.74 Å².